The smallest absolute Gasteiger partial charge is 0.240 e. The zero-order valence-corrected chi connectivity index (χ0v) is 15.0. The molecule has 1 aromatic rings. The zero-order chi connectivity index (χ0) is 17.1. The molecular weight excluding hydrogens is 312 g/mol. The van der Waals surface area contributed by atoms with Gasteiger partial charge in [0.25, 0.3) is 0 Å². The van der Waals surface area contributed by atoms with Gasteiger partial charge in [-0.15, -0.1) is 0 Å². The Morgan fingerprint density at radius 1 is 1.09 bits per heavy atom. The lowest BCUT2D eigenvalue weighted by atomic mass is 10.2. The molecule has 0 fully saturated rings. The molecule has 0 aliphatic carbocycles. The van der Waals surface area contributed by atoms with E-state index in [1.165, 1.54) is 19.9 Å². The van der Waals surface area contributed by atoms with Crippen LogP contribution in [-0.2, 0) is 16.6 Å². The molecule has 0 amide bonds. The van der Waals surface area contributed by atoms with Crippen LogP contribution in [0, 0.1) is 0 Å². The molecule has 0 unspecified atom stereocenters. The number of benzene rings is 1. The van der Waals surface area contributed by atoms with Crippen LogP contribution in [0.1, 0.15) is 38.7 Å². The van der Waals surface area contributed by atoms with Gasteiger partial charge in [-0.25, -0.2) is 18.1 Å². The summed E-state index contributed by atoms with van der Waals surface area (Å²) in [5, 5.41) is 6.51. The molecule has 0 bridgehead atoms. The minimum absolute atomic E-state index is 0.261. The Labute approximate surface area is 139 Å². The summed E-state index contributed by atoms with van der Waals surface area (Å²) in [7, 11) is -1.98. The third-order valence-electron chi connectivity index (χ3n) is 3.34. The first-order valence-electron chi connectivity index (χ1n) is 8.08. The highest BCUT2D eigenvalue weighted by molar-refractivity contribution is 7.89. The molecule has 0 saturated heterocycles. The van der Waals surface area contributed by atoms with Crippen LogP contribution in [0.2, 0.25) is 0 Å². The number of nitrogens with zero attached hydrogens (tertiary/aromatic N) is 1. The van der Waals surface area contributed by atoms with Crippen molar-refractivity contribution in [2.45, 2.75) is 44.6 Å². The molecule has 0 spiro atoms. The van der Waals surface area contributed by atoms with Crippen LogP contribution in [0.3, 0.4) is 0 Å². The molecule has 0 aromatic heterocycles. The SMILES string of the molecule is CCCCCNC(=NCc1ccc(S(=O)(=O)NC)cc1)NCC. The summed E-state index contributed by atoms with van der Waals surface area (Å²) in [6.45, 7) is 6.42. The average Bonchev–Trinajstić information content (AvgIpc) is 2.56. The first-order valence-corrected chi connectivity index (χ1v) is 9.56. The van der Waals surface area contributed by atoms with Crippen molar-refractivity contribution in [1.82, 2.24) is 15.4 Å². The predicted octanol–water partition coefficient (Wildman–Crippen LogP) is 1.84. The summed E-state index contributed by atoms with van der Waals surface area (Å²) in [5.74, 6) is 0.788. The summed E-state index contributed by atoms with van der Waals surface area (Å²) in [6, 6.07) is 6.76. The summed E-state index contributed by atoms with van der Waals surface area (Å²) in [6.07, 6.45) is 3.52. The second-order valence-electron chi connectivity index (χ2n) is 5.18. The van der Waals surface area contributed by atoms with E-state index in [2.05, 4.69) is 27.3 Å². The molecule has 6 nitrogen and oxygen atoms in total. The lowest BCUT2D eigenvalue weighted by Gasteiger charge is -2.11. The van der Waals surface area contributed by atoms with Crippen molar-refractivity contribution in [2.24, 2.45) is 4.99 Å². The predicted molar refractivity (Wildman–Crippen MR) is 95.0 cm³/mol. The minimum atomic E-state index is -3.38. The van der Waals surface area contributed by atoms with Gasteiger partial charge in [0.1, 0.15) is 0 Å². The Morgan fingerprint density at radius 2 is 1.78 bits per heavy atom. The number of nitrogens with one attached hydrogen (secondary N) is 3. The molecule has 7 heteroatoms. The Morgan fingerprint density at radius 3 is 2.35 bits per heavy atom. The number of guanidine groups is 1. The highest BCUT2D eigenvalue weighted by Crippen LogP contribution is 2.10. The molecule has 3 N–H and O–H groups in total. The van der Waals surface area contributed by atoms with E-state index in [-0.39, 0.29) is 4.90 Å². The van der Waals surface area contributed by atoms with E-state index < -0.39 is 10.0 Å². The normalized spacial score (nSPS) is 12.2. The Kier molecular flexibility index (Phi) is 8.65. The second-order valence-corrected chi connectivity index (χ2v) is 7.07. The van der Waals surface area contributed by atoms with Crippen LogP contribution in [-0.4, -0.2) is 34.5 Å². The Balaban J connectivity index is 2.64. The van der Waals surface area contributed by atoms with Crippen molar-refractivity contribution in [3.8, 4) is 0 Å². The number of hydrogen-bond donors (Lipinski definition) is 3. The quantitative estimate of drug-likeness (QED) is 0.364. The van der Waals surface area contributed by atoms with Gasteiger partial charge in [-0.1, -0.05) is 31.9 Å². The van der Waals surface area contributed by atoms with Gasteiger partial charge in [-0.3, -0.25) is 0 Å². The van der Waals surface area contributed by atoms with Gasteiger partial charge in [-0.2, -0.15) is 0 Å². The summed E-state index contributed by atoms with van der Waals surface area (Å²) in [4.78, 5) is 4.78. The number of aliphatic imine (C=N–C) groups is 1. The lowest BCUT2D eigenvalue weighted by Crippen LogP contribution is -2.37. The molecule has 0 atom stereocenters. The van der Waals surface area contributed by atoms with Crippen molar-refractivity contribution in [3.05, 3.63) is 29.8 Å². The van der Waals surface area contributed by atoms with E-state index in [9.17, 15) is 8.42 Å². The lowest BCUT2D eigenvalue weighted by molar-refractivity contribution is 0.588. The van der Waals surface area contributed by atoms with Crippen LogP contribution in [0.25, 0.3) is 0 Å². The van der Waals surface area contributed by atoms with E-state index in [1.54, 1.807) is 24.3 Å². The van der Waals surface area contributed by atoms with Gasteiger partial charge in [-0.05, 0) is 38.1 Å². The number of sulfonamides is 1. The van der Waals surface area contributed by atoms with Crippen molar-refractivity contribution < 1.29 is 8.42 Å². The summed E-state index contributed by atoms with van der Waals surface area (Å²) >= 11 is 0. The molecule has 130 valence electrons. The van der Waals surface area contributed by atoms with Crippen molar-refractivity contribution in [2.75, 3.05) is 20.1 Å². The zero-order valence-electron chi connectivity index (χ0n) is 14.2. The number of unbranched alkanes of at least 4 members (excludes halogenated alkanes) is 2. The molecule has 0 aliphatic heterocycles. The summed E-state index contributed by atoms with van der Waals surface area (Å²) < 4.78 is 25.7. The molecule has 23 heavy (non-hydrogen) atoms. The number of hydrogen-bond acceptors (Lipinski definition) is 3. The third kappa shape index (κ3) is 7.00. The van der Waals surface area contributed by atoms with Crippen molar-refractivity contribution >= 4 is 16.0 Å². The highest BCUT2D eigenvalue weighted by atomic mass is 32.2. The second kappa shape index (κ2) is 10.2. The largest absolute Gasteiger partial charge is 0.357 e. The molecule has 0 radical (unpaired) electrons. The maximum absolute atomic E-state index is 11.7. The minimum Gasteiger partial charge on any atom is -0.357 e. The third-order valence-corrected chi connectivity index (χ3v) is 4.77. The maximum Gasteiger partial charge on any atom is 0.240 e. The van der Waals surface area contributed by atoms with Crippen molar-refractivity contribution in [3.63, 3.8) is 0 Å². The fourth-order valence-corrected chi connectivity index (χ4v) is 2.72. The number of rotatable bonds is 9. The van der Waals surface area contributed by atoms with Crippen molar-refractivity contribution in [1.29, 1.82) is 0 Å². The van der Waals surface area contributed by atoms with Crippen LogP contribution >= 0.6 is 0 Å². The first kappa shape index (κ1) is 19.4. The summed E-state index contributed by atoms with van der Waals surface area (Å²) in [5.41, 5.74) is 0.964. The van der Waals surface area contributed by atoms with Gasteiger partial charge in [0, 0.05) is 13.1 Å². The molecule has 0 saturated carbocycles. The molecule has 1 aromatic carbocycles. The Hall–Kier alpha value is -1.60. The van der Waals surface area contributed by atoms with Gasteiger partial charge in [0.05, 0.1) is 11.4 Å². The van der Waals surface area contributed by atoms with Gasteiger partial charge in [0.2, 0.25) is 10.0 Å². The molecule has 0 aliphatic rings. The van der Waals surface area contributed by atoms with Gasteiger partial charge in [0.15, 0.2) is 5.96 Å². The van der Waals surface area contributed by atoms with E-state index in [4.69, 9.17) is 0 Å². The van der Waals surface area contributed by atoms with Gasteiger partial charge >= 0.3 is 0 Å². The van der Waals surface area contributed by atoms with E-state index in [0.717, 1.165) is 31.0 Å². The average molecular weight is 340 g/mol. The molecule has 0 heterocycles. The van der Waals surface area contributed by atoms with Gasteiger partial charge < -0.3 is 10.6 Å². The fourth-order valence-electron chi connectivity index (χ4n) is 1.99. The first-order chi connectivity index (χ1) is 11.0. The van der Waals surface area contributed by atoms with E-state index in [0.29, 0.717) is 6.54 Å². The van der Waals surface area contributed by atoms with Crippen LogP contribution in [0.15, 0.2) is 34.2 Å². The molecular formula is C16H28N4O2S. The van der Waals surface area contributed by atoms with E-state index in [1.807, 2.05) is 6.92 Å². The standard InChI is InChI=1S/C16H28N4O2S/c1-4-6-7-12-19-16(18-5-2)20-13-14-8-10-15(11-9-14)23(21,22)17-3/h8-11,17H,4-7,12-13H2,1-3H3,(H2,18,19,20). The topological polar surface area (TPSA) is 82.6 Å². The van der Waals surface area contributed by atoms with Crippen LogP contribution in [0.5, 0.6) is 0 Å². The highest BCUT2D eigenvalue weighted by Gasteiger charge is 2.10. The fraction of sp³-hybridized carbons (Fsp3) is 0.562. The monoisotopic (exact) mass is 340 g/mol. The Bertz CT molecular complexity index is 583. The van der Waals surface area contributed by atoms with E-state index >= 15 is 0 Å². The van der Waals surface area contributed by atoms with Crippen LogP contribution < -0.4 is 15.4 Å². The maximum atomic E-state index is 11.7. The molecule has 1 rings (SSSR count). The van der Waals surface area contributed by atoms with Crippen LogP contribution in [0.4, 0.5) is 0 Å².